The van der Waals surface area contributed by atoms with E-state index in [2.05, 4.69) is 39.3 Å². The van der Waals surface area contributed by atoms with E-state index in [4.69, 9.17) is 4.42 Å². The second kappa shape index (κ2) is 8.84. The number of benzene rings is 1. The normalized spacial score (nSPS) is 10.4. The number of furan rings is 1. The highest BCUT2D eigenvalue weighted by Crippen LogP contribution is 2.18. The van der Waals surface area contributed by atoms with E-state index in [1.54, 1.807) is 12.3 Å². The van der Waals surface area contributed by atoms with Gasteiger partial charge in [0.15, 0.2) is 0 Å². The van der Waals surface area contributed by atoms with Crippen molar-refractivity contribution in [2.24, 2.45) is 0 Å². The fourth-order valence-electron chi connectivity index (χ4n) is 2.71. The number of amides is 1. The molecule has 2 heterocycles. The van der Waals surface area contributed by atoms with Gasteiger partial charge in [-0.1, -0.05) is 0 Å². The quantitative estimate of drug-likeness (QED) is 0.632. The average Bonchev–Trinajstić information content (AvgIpc) is 3.22. The maximum absolute atomic E-state index is 12.5. The first-order valence-electron chi connectivity index (χ1n) is 8.94. The fourth-order valence-corrected chi connectivity index (χ4v) is 2.71. The highest BCUT2D eigenvalue weighted by atomic mass is 16.3. The van der Waals surface area contributed by atoms with Crippen LogP contribution in [0.4, 0.5) is 17.2 Å². The Hall–Kier alpha value is -3.35. The molecule has 0 aliphatic heterocycles. The van der Waals surface area contributed by atoms with Gasteiger partial charge in [0.2, 0.25) is 0 Å². The van der Waals surface area contributed by atoms with Gasteiger partial charge in [-0.2, -0.15) is 0 Å². The van der Waals surface area contributed by atoms with Crippen molar-refractivity contribution in [3.63, 3.8) is 0 Å². The SMILES string of the molecule is CCN(CC)c1ccc(NC(=O)c2cc(NCc3ccco3)ncn2)cc1. The van der Waals surface area contributed by atoms with Gasteiger partial charge in [0.1, 0.15) is 23.6 Å². The van der Waals surface area contributed by atoms with Crippen molar-refractivity contribution in [3.8, 4) is 0 Å². The summed E-state index contributed by atoms with van der Waals surface area (Å²) in [6.07, 6.45) is 2.98. The lowest BCUT2D eigenvalue weighted by Gasteiger charge is -2.21. The van der Waals surface area contributed by atoms with Gasteiger partial charge >= 0.3 is 0 Å². The molecule has 2 aromatic heterocycles. The number of carbonyl (C=O) groups is 1. The third kappa shape index (κ3) is 4.84. The van der Waals surface area contributed by atoms with Crippen LogP contribution in [0.3, 0.4) is 0 Å². The predicted molar refractivity (Wildman–Crippen MR) is 106 cm³/mol. The zero-order valence-electron chi connectivity index (χ0n) is 15.5. The molecule has 0 fully saturated rings. The number of nitrogens with one attached hydrogen (secondary N) is 2. The van der Waals surface area contributed by atoms with E-state index in [9.17, 15) is 4.79 Å². The van der Waals surface area contributed by atoms with Crippen LogP contribution in [0.1, 0.15) is 30.1 Å². The van der Waals surface area contributed by atoms with Crippen LogP contribution >= 0.6 is 0 Å². The maximum Gasteiger partial charge on any atom is 0.274 e. The number of hydrogen-bond acceptors (Lipinski definition) is 6. The summed E-state index contributed by atoms with van der Waals surface area (Å²) in [6, 6.07) is 13.1. The molecule has 0 atom stereocenters. The van der Waals surface area contributed by atoms with Crippen molar-refractivity contribution in [3.05, 3.63) is 66.5 Å². The lowest BCUT2D eigenvalue weighted by molar-refractivity contribution is 0.102. The molecule has 0 saturated heterocycles. The molecule has 0 saturated carbocycles. The molecule has 0 unspecified atom stereocenters. The minimum Gasteiger partial charge on any atom is -0.467 e. The van der Waals surface area contributed by atoms with E-state index < -0.39 is 0 Å². The van der Waals surface area contributed by atoms with Crippen molar-refractivity contribution in [2.75, 3.05) is 28.6 Å². The zero-order chi connectivity index (χ0) is 19.1. The third-order valence-electron chi connectivity index (χ3n) is 4.18. The molecule has 1 aromatic carbocycles. The molecule has 3 aromatic rings. The summed E-state index contributed by atoms with van der Waals surface area (Å²) in [5, 5.41) is 5.97. The Labute approximate surface area is 158 Å². The second-order valence-corrected chi connectivity index (χ2v) is 5.89. The standard InChI is InChI=1S/C20H23N5O2/c1-3-25(4-2)16-9-7-15(8-10-16)24-20(26)18-12-19(23-14-22-18)21-13-17-6-5-11-27-17/h5-12,14H,3-4,13H2,1-2H3,(H,24,26)(H,21,22,23). The van der Waals surface area contributed by atoms with Crippen LogP contribution in [0.2, 0.25) is 0 Å². The van der Waals surface area contributed by atoms with Gasteiger partial charge in [0.05, 0.1) is 12.8 Å². The first-order valence-corrected chi connectivity index (χ1v) is 8.94. The van der Waals surface area contributed by atoms with Gasteiger partial charge < -0.3 is 20.0 Å². The predicted octanol–water partition coefficient (Wildman–Crippen LogP) is 3.78. The monoisotopic (exact) mass is 365 g/mol. The van der Waals surface area contributed by atoms with E-state index in [0.717, 1.165) is 30.2 Å². The van der Waals surface area contributed by atoms with E-state index in [1.165, 1.54) is 6.33 Å². The highest BCUT2D eigenvalue weighted by Gasteiger charge is 2.10. The van der Waals surface area contributed by atoms with Gasteiger partial charge in [-0.3, -0.25) is 4.79 Å². The molecule has 140 valence electrons. The molecule has 7 heteroatoms. The summed E-state index contributed by atoms with van der Waals surface area (Å²) in [7, 11) is 0. The summed E-state index contributed by atoms with van der Waals surface area (Å²) in [6.45, 7) is 6.60. The number of carbonyl (C=O) groups excluding carboxylic acids is 1. The van der Waals surface area contributed by atoms with Gasteiger partial charge in [-0.25, -0.2) is 9.97 Å². The Kier molecular flexibility index (Phi) is 6.04. The van der Waals surface area contributed by atoms with Gasteiger partial charge in [0, 0.05) is 30.5 Å². The van der Waals surface area contributed by atoms with Crippen LogP contribution in [0.5, 0.6) is 0 Å². The molecule has 0 aliphatic rings. The van der Waals surface area contributed by atoms with Crippen molar-refractivity contribution in [2.45, 2.75) is 20.4 Å². The summed E-state index contributed by atoms with van der Waals surface area (Å²) in [4.78, 5) is 22.9. The molecular formula is C20H23N5O2. The Balaban J connectivity index is 1.63. The molecule has 3 rings (SSSR count). The minimum absolute atomic E-state index is 0.283. The van der Waals surface area contributed by atoms with Crippen LogP contribution in [-0.2, 0) is 6.54 Å². The number of rotatable bonds is 8. The van der Waals surface area contributed by atoms with Crippen LogP contribution < -0.4 is 15.5 Å². The summed E-state index contributed by atoms with van der Waals surface area (Å²) < 4.78 is 5.27. The average molecular weight is 365 g/mol. The molecule has 0 spiro atoms. The van der Waals surface area contributed by atoms with Gasteiger partial charge in [-0.05, 0) is 50.2 Å². The highest BCUT2D eigenvalue weighted by molar-refractivity contribution is 6.03. The van der Waals surface area contributed by atoms with E-state index in [1.807, 2.05) is 36.4 Å². The Morgan fingerprint density at radius 1 is 1.11 bits per heavy atom. The second-order valence-electron chi connectivity index (χ2n) is 5.89. The van der Waals surface area contributed by atoms with Crippen molar-refractivity contribution in [1.29, 1.82) is 0 Å². The topological polar surface area (TPSA) is 83.3 Å². The number of nitrogens with zero attached hydrogens (tertiary/aromatic N) is 3. The summed E-state index contributed by atoms with van der Waals surface area (Å²) in [5.41, 5.74) is 2.14. The molecule has 7 nitrogen and oxygen atoms in total. The van der Waals surface area contributed by atoms with Crippen LogP contribution in [0, 0.1) is 0 Å². The fraction of sp³-hybridized carbons (Fsp3) is 0.250. The van der Waals surface area contributed by atoms with E-state index in [-0.39, 0.29) is 5.91 Å². The van der Waals surface area contributed by atoms with Crippen LogP contribution in [-0.4, -0.2) is 29.0 Å². The Morgan fingerprint density at radius 3 is 2.56 bits per heavy atom. The molecular weight excluding hydrogens is 342 g/mol. The molecule has 1 amide bonds. The van der Waals surface area contributed by atoms with Gasteiger partial charge in [-0.15, -0.1) is 0 Å². The third-order valence-corrected chi connectivity index (χ3v) is 4.18. The first kappa shape index (κ1) is 18.4. The molecule has 2 N–H and O–H groups in total. The van der Waals surface area contributed by atoms with Crippen LogP contribution in [0.15, 0.2) is 59.5 Å². The lowest BCUT2D eigenvalue weighted by Crippen LogP contribution is -2.21. The van der Waals surface area contributed by atoms with Crippen LogP contribution in [0.25, 0.3) is 0 Å². The Morgan fingerprint density at radius 2 is 1.89 bits per heavy atom. The first-order chi connectivity index (χ1) is 13.2. The zero-order valence-corrected chi connectivity index (χ0v) is 15.5. The van der Waals surface area contributed by atoms with Gasteiger partial charge in [0.25, 0.3) is 5.91 Å². The van der Waals surface area contributed by atoms with E-state index >= 15 is 0 Å². The smallest absolute Gasteiger partial charge is 0.274 e. The van der Waals surface area contributed by atoms with Crippen molar-refractivity contribution < 1.29 is 9.21 Å². The van der Waals surface area contributed by atoms with Crippen molar-refractivity contribution >= 4 is 23.1 Å². The number of hydrogen-bond donors (Lipinski definition) is 2. The maximum atomic E-state index is 12.5. The molecule has 27 heavy (non-hydrogen) atoms. The Bertz CT molecular complexity index is 858. The van der Waals surface area contributed by atoms with E-state index in [0.29, 0.717) is 18.1 Å². The summed E-state index contributed by atoms with van der Waals surface area (Å²) >= 11 is 0. The lowest BCUT2D eigenvalue weighted by atomic mass is 10.2. The largest absolute Gasteiger partial charge is 0.467 e. The number of aromatic nitrogens is 2. The minimum atomic E-state index is -0.283. The molecule has 0 aliphatic carbocycles. The molecule has 0 bridgehead atoms. The molecule has 0 radical (unpaired) electrons. The van der Waals surface area contributed by atoms with Crippen molar-refractivity contribution in [1.82, 2.24) is 9.97 Å². The number of anilines is 3. The summed E-state index contributed by atoms with van der Waals surface area (Å²) in [5.74, 6) is 1.06.